The summed E-state index contributed by atoms with van der Waals surface area (Å²) in [4.78, 5) is 155. The minimum Gasteiger partial charge on any atom is -0.481 e. The quantitative estimate of drug-likeness (QED) is 0.0392. The number of fused-ring (bicyclic) bond motifs is 4. The molecule has 0 saturated carbocycles. The molecule has 0 aliphatic carbocycles. The molecule has 28 nitrogen and oxygen atoms in total. The van der Waals surface area contributed by atoms with Crippen molar-refractivity contribution in [1.82, 2.24) is 31.1 Å². The van der Waals surface area contributed by atoms with Gasteiger partial charge in [-0.05, 0) is 112 Å². The molecule has 1 unspecified atom stereocenters. The minimum atomic E-state index is -1.67. The fourth-order valence-corrected chi connectivity index (χ4v) is 16.3. The highest BCUT2D eigenvalue weighted by molar-refractivity contribution is 7.99. The standard InChI is InChI=1S/C79H125N9O19S3/c1-3-4-6-18-65(91)48-62-54-109-52-59-44-58(51-108-43-14-19-64(90)25-32-103-34-36-105-38-40-107-42-41-106-39-37-104-35-33-102-31-13-22-70(92)61(17-9-10-26-80)50-83-28-27-81)45-60(46-59)53-110-55-63(79(100)101)49-71(93)67(47-57-15-7-5-8-16-57)85-74(95)66(23-24-72(82)94)84-76(97)73(56(2)89)86-75(96)68-20-11-29-87(68)78(99)69-21-12-30-88(69)77(62)98/h5,7-8,15-16,44-46,56,61-63,66-69,73,83,89H,3-4,6,9-14,17-43,47-55,80-81H2,1-2H3,(H2,82,94)(H,84,97)(H,85,95)(H,86,96)(H,100,101)/t56-,61?,62+,63+,66+,67+,68+,69+,73+/m1/s1. The van der Waals surface area contributed by atoms with E-state index in [0.717, 1.165) is 48.8 Å². The summed E-state index contributed by atoms with van der Waals surface area (Å²) in [6.45, 7) is 11.0. The molecule has 0 radical (unpaired) electrons. The zero-order chi connectivity index (χ0) is 79.7. The smallest absolute Gasteiger partial charge is 0.307 e. The molecule has 2 aromatic carbocycles. The number of carboxylic acid groups (broad SMARTS) is 1. The maximum absolute atomic E-state index is 14.9. The largest absolute Gasteiger partial charge is 0.481 e. The van der Waals surface area contributed by atoms with Gasteiger partial charge in [-0.3, -0.25) is 52.7 Å². The molecule has 0 aromatic heterocycles. The van der Waals surface area contributed by atoms with Gasteiger partial charge in [-0.25, -0.2) is 0 Å². The monoisotopic (exact) mass is 1600 g/mol. The van der Waals surface area contributed by atoms with Crippen LogP contribution >= 0.6 is 35.3 Å². The van der Waals surface area contributed by atoms with Gasteiger partial charge < -0.3 is 86.9 Å². The Bertz CT molecular complexity index is 3100. The van der Waals surface area contributed by atoms with Gasteiger partial charge in [0, 0.05) is 119 Å². The van der Waals surface area contributed by atoms with Crippen molar-refractivity contribution in [2.45, 2.75) is 202 Å². The number of benzene rings is 2. The number of ketones is 4. The third-order valence-corrected chi connectivity index (χ3v) is 22.7. The number of nitrogens with one attached hydrogen (secondary N) is 4. The van der Waals surface area contributed by atoms with E-state index in [2.05, 4.69) is 27.3 Å². The van der Waals surface area contributed by atoms with Crippen LogP contribution in [-0.2, 0) is 105 Å². The van der Waals surface area contributed by atoms with E-state index in [0.29, 0.717) is 185 Å². The van der Waals surface area contributed by atoms with Gasteiger partial charge in [0.1, 0.15) is 41.5 Å². The Hall–Kier alpha value is -5.94. The fraction of sp³-hybridized carbons (Fsp3) is 0.709. The molecule has 2 aromatic rings. The van der Waals surface area contributed by atoms with Gasteiger partial charge in [0.15, 0.2) is 5.78 Å². The van der Waals surface area contributed by atoms with Crippen molar-refractivity contribution in [3.63, 3.8) is 0 Å². The summed E-state index contributed by atoms with van der Waals surface area (Å²) in [6.07, 6.45) is 6.46. The highest BCUT2D eigenvalue weighted by Gasteiger charge is 2.45. The predicted molar refractivity (Wildman–Crippen MR) is 425 cm³/mol. The van der Waals surface area contributed by atoms with Crippen molar-refractivity contribution < 1.29 is 91.4 Å². The summed E-state index contributed by atoms with van der Waals surface area (Å²) in [5.74, 6) is -5.48. The molecule has 9 atom stereocenters. The van der Waals surface area contributed by atoms with Gasteiger partial charge in [0.25, 0.3) is 0 Å². The average Bonchev–Trinajstić information content (AvgIpc) is 1.63. The van der Waals surface area contributed by atoms with Crippen LogP contribution in [-0.4, -0.2) is 257 Å². The highest BCUT2D eigenvalue weighted by atomic mass is 32.2. The van der Waals surface area contributed by atoms with E-state index in [1.54, 1.807) is 47.0 Å². The lowest BCUT2D eigenvalue weighted by molar-refractivity contribution is -0.148. The number of aliphatic hydroxyl groups excluding tert-OH is 1. The minimum absolute atomic E-state index is 0.00786. The van der Waals surface area contributed by atoms with E-state index in [4.69, 9.17) is 45.6 Å². The summed E-state index contributed by atoms with van der Waals surface area (Å²) in [6, 6.07) is 8.36. The van der Waals surface area contributed by atoms with Crippen molar-refractivity contribution >= 4 is 99.8 Å². The number of nitrogens with two attached hydrogens (primary N) is 3. The number of nitrogens with zero attached hydrogens (tertiary/aromatic N) is 2. The topological polar surface area (TPSA) is 416 Å². The number of Topliss-reactive ketones (excluding diaryl/α,β-unsaturated/α-hetero) is 4. The molecule has 12 N–H and O–H groups in total. The van der Waals surface area contributed by atoms with Crippen molar-refractivity contribution in [1.29, 1.82) is 0 Å². The number of aliphatic carboxylic acids is 1. The number of carbonyl (C=O) groups excluding carboxylic acids is 10. The number of unbranched alkanes of at least 4 members (excludes halogenated alkanes) is 3. The van der Waals surface area contributed by atoms with Crippen LogP contribution in [0, 0.1) is 17.8 Å². The molecule has 618 valence electrons. The van der Waals surface area contributed by atoms with Crippen LogP contribution < -0.4 is 38.5 Å². The third-order valence-electron chi connectivity index (χ3n) is 19.3. The van der Waals surface area contributed by atoms with Gasteiger partial charge in [0.2, 0.25) is 35.4 Å². The molecule has 31 heteroatoms. The van der Waals surface area contributed by atoms with E-state index in [1.807, 2.05) is 19.1 Å². The number of carboxylic acids is 1. The van der Waals surface area contributed by atoms with Gasteiger partial charge in [-0.1, -0.05) is 74.7 Å². The lowest BCUT2D eigenvalue weighted by atomic mass is 9.94. The van der Waals surface area contributed by atoms with Gasteiger partial charge in [-0.15, -0.1) is 0 Å². The Balaban J connectivity index is 1.15. The van der Waals surface area contributed by atoms with Crippen LogP contribution in [0.5, 0.6) is 0 Å². The van der Waals surface area contributed by atoms with Crippen molar-refractivity contribution in [2.24, 2.45) is 35.0 Å². The van der Waals surface area contributed by atoms with Crippen LogP contribution in [0.4, 0.5) is 0 Å². The molecule has 5 rings (SSSR count). The number of rotatable bonds is 50. The Labute approximate surface area is 662 Å². The summed E-state index contributed by atoms with van der Waals surface area (Å²) < 4.78 is 33.7. The molecule has 3 aliphatic rings. The van der Waals surface area contributed by atoms with Gasteiger partial charge in [-0.2, -0.15) is 35.3 Å². The van der Waals surface area contributed by atoms with E-state index < -0.39 is 102 Å². The molecule has 110 heavy (non-hydrogen) atoms. The van der Waals surface area contributed by atoms with Crippen LogP contribution in [0.25, 0.3) is 0 Å². The van der Waals surface area contributed by atoms with Gasteiger partial charge >= 0.3 is 5.97 Å². The van der Waals surface area contributed by atoms with E-state index in [-0.39, 0.29) is 92.5 Å². The molecule has 0 spiro atoms. The number of ether oxygens (including phenoxy) is 6. The molecule has 2 saturated heterocycles. The first-order chi connectivity index (χ1) is 53.2. The Kier molecular flexibility index (Phi) is 48.5. The second-order valence-corrected chi connectivity index (χ2v) is 31.5. The number of primary amides is 1. The molecular formula is C79H125N9O19S3. The molecule has 3 aliphatic heterocycles. The van der Waals surface area contributed by atoms with Crippen molar-refractivity contribution in [3.05, 3.63) is 70.8 Å². The summed E-state index contributed by atoms with van der Waals surface area (Å²) in [5.41, 5.74) is 20.2. The van der Waals surface area contributed by atoms with Gasteiger partial charge in [0.05, 0.1) is 96.7 Å². The lowest BCUT2D eigenvalue weighted by Crippen LogP contribution is -2.61. The SMILES string of the molecule is CCCCCC(=O)C[C@H]1CSCc2cc(CSCCCC(=O)CCOCCOCCOCCOCCOCCOCCCC(=O)C(CCCCN)CNCCN)cc(c2)CSC[C@@H](C(=O)O)CC(=O)[C@H](Cc2ccccc2)NC(=O)[C@H](CCC(N)=O)NC(=O)[C@H]([C@@H](C)O)NC(=O)[C@@H]2CCCN2C(=O)[C@@H]2CCCN2C1=O. The maximum Gasteiger partial charge on any atom is 0.307 e. The van der Waals surface area contributed by atoms with Crippen LogP contribution in [0.15, 0.2) is 48.5 Å². The van der Waals surface area contributed by atoms with E-state index >= 15 is 0 Å². The number of hydrogen-bond donors (Lipinski definition) is 9. The summed E-state index contributed by atoms with van der Waals surface area (Å²) >= 11 is 4.49. The second-order valence-electron chi connectivity index (χ2n) is 28.4. The second kappa shape index (κ2) is 56.3. The molecule has 6 amide bonds. The maximum atomic E-state index is 14.9. The number of aliphatic hydroxyl groups is 1. The Morgan fingerprint density at radius 1 is 0.627 bits per heavy atom. The zero-order valence-electron chi connectivity index (χ0n) is 64.8. The van der Waals surface area contributed by atoms with Crippen molar-refractivity contribution in [2.75, 3.05) is 136 Å². The average molecular weight is 1600 g/mol. The number of amides is 6. The predicted octanol–water partition coefficient (Wildman–Crippen LogP) is 5.02. The Morgan fingerprint density at radius 2 is 1.23 bits per heavy atom. The Morgan fingerprint density at radius 3 is 1.84 bits per heavy atom. The number of carbonyl (C=O) groups is 11. The van der Waals surface area contributed by atoms with E-state index in [1.165, 1.54) is 35.3 Å². The zero-order valence-corrected chi connectivity index (χ0v) is 67.3. The normalized spacial score (nSPS) is 20.8. The molecular weight excluding hydrogens is 1480 g/mol. The first-order valence-electron chi connectivity index (χ1n) is 39.5. The first-order valence-corrected chi connectivity index (χ1v) is 43.0. The third kappa shape index (κ3) is 37.8. The number of hydrogen-bond acceptors (Lipinski definition) is 24. The number of thioether (sulfide) groups is 3. The van der Waals surface area contributed by atoms with Crippen LogP contribution in [0.1, 0.15) is 165 Å². The fourth-order valence-electron chi connectivity index (χ4n) is 13.3. The lowest BCUT2D eigenvalue weighted by Gasteiger charge is -2.33. The van der Waals surface area contributed by atoms with Crippen LogP contribution in [0.2, 0.25) is 0 Å². The van der Waals surface area contributed by atoms with Crippen molar-refractivity contribution in [3.8, 4) is 0 Å². The molecule has 2 bridgehead atoms. The molecule has 3 heterocycles. The van der Waals surface area contributed by atoms with E-state index in [9.17, 15) is 63.0 Å². The molecule has 2 fully saturated rings. The van der Waals surface area contributed by atoms with Crippen LogP contribution in [0.3, 0.4) is 0 Å². The summed E-state index contributed by atoms with van der Waals surface area (Å²) in [5, 5.41) is 32.7. The summed E-state index contributed by atoms with van der Waals surface area (Å²) in [7, 11) is 0. The first kappa shape index (κ1) is 94.7. The highest BCUT2D eigenvalue weighted by Crippen LogP contribution is 2.31.